The summed E-state index contributed by atoms with van der Waals surface area (Å²) in [4.78, 5) is 0. The fourth-order valence-corrected chi connectivity index (χ4v) is 1.59. The van der Waals surface area contributed by atoms with Crippen LogP contribution >= 0.6 is 15.9 Å². The molecule has 1 aromatic heterocycles. The van der Waals surface area contributed by atoms with Crippen molar-refractivity contribution in [2.75, 3.05) is 0 Å². The molecule has 1 heterocycles. The maximum Gasteiger partial charge on any atom is 0.184 e. The van der Waals surface area contributed by atoms with Crippen molar-refractivity contribution >= 4 is 15.9 Å². The molecule has 1 aromatic carbocycles. The zero-order chi connectivity index (χ0) is 10.8. The van der Waals surface area contributed by atoms with Gasteiger partial charge in [0.2, 0.25) is 0 Å². The van der Waals surface area contributed by atoms with E-state index in [0.717, 1.165) is 6.07 Å². The molecule has 0 fully saturated rings. The number of hydrogen-bond donors (Lipinski definition) is 0. The van der Waals surface area contributed by atoms with Crippen LogP contribution in [0.15, 0.2) is 24.4 Å². The lowest BCUT2D eigenvalue weighted by atomic mass is 10.3. The molecule has 2 rings (SSSR count). The number of alkyl halides is 1. The topological polar surface area (TPSA) is 30.7 Å². The molecule has 0 spiro atoms. The minimum Gasteiger partial charge on any atom is -0.214 e. The highest BCUT2D eigenvalue weighted by atomic mass is 79.9. The maximum atomic E-state index is 13.4. The molecule has 0 aliphatic rings. The van der Waals surface area contributed by atoms with Gasteiger partial charge in [0.25, 0.3) is 0 Å². The minimum absolute atomic E-state index is 0.0574. The Hall–Kier alpha value is -1.30. The second-order valence-electron chi connectivity index (χ2n) is 2.84. The first-order valence-electron chi connectivity index (χ1n) is 4.14. The van der Waals surface area contributed by atoms with Crippen LogP contribution in [0, 0.1) is 11.6 Å². The summed E-state index contributed by atoms with van der Waals surface area (Å²) >= 11 is 3.21. The summed E-state index contributed by atoms with van der Waals surface area (Å²) in [5.41, 5.74) is 0.710. The van der Waals surface area contributed by atoms with Crippen LogP contribution in [0.3, 0.4) is 0 Å². The molecule has 0 atom stereocenters. The summed E-state index contributed by atoms with van der Waals surface area (Å²) in [6, 6.07) is 3.93. The van der Waals surface area contributed by atoms with Crippen LogP contribution in [0.5, 0.6) is 0 Å². The second-order valence-corrected chi connectivity index (χ2v) is 3.40. The van der Waals surface area contributed by atoms with Crippen LogP contribution in [0.2, 0.25) is 0 Å². The molecule has 3 nitrogen and oxygen atoms in total. The molecule has 0 saturated carbocycles. The van der Waals surface area contributed by atoms with E-state index in [0.29, 0.717) is 11.0 Å². The van der Waals surface area contributed by atoms with Crippen LogP contribution in [-0.2, 0) is 5.33 Å². The standard InChI is InChI=1S/C9H6BrF2N3/c10-4-6-5-13-14-15(6)8-3-1-2-7(11)9(8)12/h1-3,5H,4H2. The Balaban J connectivity index is 2.59. The average molecular weight is 274 g/mol. The molecule has 6 heteroatoms. The van der Waals surface area contributed by atoms with E-state index in [1.807, 2.05) is 0 Å². The third-order valence-corrected chi connectivity index (χ3v) is 2.49. The first kappa shape index (κ1) is 10.2. The van der Waals surface area contributed by atoms with Gasteiger partial charge in [-0.05, 0) is 12.1 Å². The van der Waals surface area contributed by atoms with Gasteiger partial charge in [0.05, 0.1) is 11.9 Å². The van der Waals surface area contributed by atoms with Gasteiger partial charge in [0.15, 0.2) is 11.6 Å². The SMILES string of the molecule is Fc1cccc(-n2nncc2CBr)c1F. The van der Waals surface area contributed by atoms with Crippen molar-refractivity contribution in [2.45, 2.75) is 5.33 Å². The van der Waals surface area contributed by atoms with Crippen LogP contribution in [-0.4, -0.2) is 15.0 Å². The normalized spacial score (nSPS) is 10.6. The summed E-state index contributed by atoms with van der Waals surface area (Å²) in [5, 5.41) is 7.79. The molecule has 0 unspecified atom stereocenters. The monoisotopic (exact) mass is 273 g/mol. The van der Waals surface area contributed by atoms with Gasteiger partial charge in [0, 0.05) is 5.33 Å². The maximum absolute atomic E-state index is 13.4. The number of halogens is 3. The Morgan fingerprint density at radius 3 is 2.87 bits per heavy atom. The van der Waals surface area contributed by atoms with Gasteiger partial charge in [-0.2, -0.15) is 0 Å². The van der Waals surface area contributed by atoms with E-state index < -0.39 is 11.6 Å². The smallest absolute Gasteiger partial charge is 0.184 e. The van der Waals surface area contributed by atoms with Gasteiger partial charge in [-0.15, -0.1) is 5.10 Å². The molecule has 0 saturated heterocycles. The molecule has 0 amide bonds. The van der Waals surface area contributed by atoms with Crippen LogP contribution in [0.4, 0.5) is 8.78 Å². The highest BCUT2D eigenvalue weighted by molar-refractivity contribution is 9.08. The van der Waals surface area contributed by atoms with Crippen molar-refractivity contribution in [1.82, 2.24) is 15.0 Å². The lowest BCUT2D eigenvalue weighted by Crippen LogP contribution is -2.04. The highest BCUT2D eigenvalue weighted by Crippen LogP contribution is 2.17. The second kappa shape index (κ2) is 4.06. The Morgan fingerprint density at radius 1 is 1.33 bits per heavy atom. The molecule has 2 aromatic rings. The number of aromatic nitrogens is 3. The first-order chi connectivity index (χ1) is 7.24. The highest BCUT2D eigenvalue weighted by Gasteiger charge is 2.12. The van der Waals surface area contributed by atoms with E-state index in [2.05, 4.69) is 26.2 Å². The van der Waals surface area contributed by atoms with Crippen molar-refractivity contribution in [1.29, 1.82) is 0 Å². The minimum atomic E-state index is -0.926. The summed E-state index contributed by atoms with van der Waals surface area (Å²) in [6.45, 7) is 0. The largest absolute Gasteiger partial charge is 0.214 e. The lowest BCUT2D eigenvalue weighted by molar-refractivity contribution is 0.499. The molecule has 0 aliphatic heterocycles. The van der Waals surface area contributed by atoms with Gasteiger partial charge in [-0.1, -0.05) is 27.2 Å². The summed E-state index contributed by atoms with van der Waals surface area (Å²) in [6.07, 6.45) is 1.49. The van der Waals surface area contributed by atoms with E-state index in [9.17, 15) is 8.78 Å². The number of rotatable bonds is 2. The van der Waals surface area contributed by atoms with Gasteiger partial charge < -0.3 is 0 Å². The van der Waals surface area contributed by atoms with E-state index >= 15 is 0 Å². The predicted molar refractivity (Wildman–Crippen MR) is 53.9 cm³/mol. The molecule has 0 radical (unpaired) electrons. The molecule has 15 heavy (non-hydrogen) atoms. The van der Waals surface area contributed by atoms with Gasteiger partial charge in [-0.3, -0.25) is 0 Å². The van der Waals surface area contributed by atoms with Crippen molar-refractivity contribution in [2.24, 2.45) is 0 Å². The molecular formula is C9H6BrF2N3. The number of hydrogen-bond acceptors (Lipinski definition) is 2. The molecule has 78 valence electrons. The van der Waals surface area contributed by atoms with Crippen LogP contribution in [0.1, 0.15) is 5.69 Å². The summed E-state index contributed by atoms with van der Waals surface area (Å²) in [7, 11) is 0. The molecular weight excluding hydrogens is 268 g/mol. The van der Waals surface area contributed by atoms with E-state index in [1.54, 1.807) is 0 Å². The molecule has 0 aliphatic carbocycles. The van der Waals surface area contributed by atoms with Crippen molar-refractivity contribution in [3.05, 3.63) is 41.7 Å². The lowest BCUT2D eigenvalue weighted by Gasteiger charge is -2.05. The Kier molecular flexibility index (Phi) is 2.77. The Labute approximate surface area is 92.8 Å². The third-order valence-electron chi connectivity index (χ3n) is 1.92. The fraction of sp³-hybridized carbons (Fsp3) is 0.111. The Bertz CT molecular complexity index is 484. The van der Waals surface area contributed by atoms with E-state index in [1.165, 1.54) is 23.0 Å². The van der Waals surface area contributed by atoms with Crippen LogP contribution < -0.4 is 0 Å². The quantitative estimate of drug-likeness (QED) is 0.787. The zero-order valence-electron chi connectivity index (χ0n) is 7.49. The number of benzene rings is 1. The predicted octanol–water partition coefficient (Wildman–Crippen LogP) is 2.44. The van der Waals surface area contributed by atoms with Crippen molar-refractivity contribution in [3.63, 3.8) is 0 Å². The van der Waals surface area contributed by atoms with E-state index in [-0.39, 0.29) is 5.69 Å². The molecule has 0 bridgehead atoms. The van der Waals surface area contributed by atoms with Crippen LogP contribution in [0.25, 0.3) is 5.69 Å². The first-order valence-corrected chi connectivity index (χ1v) is 5.26. The number of nitrogens with zero attached hydrogens (tertiary/aromatic N) is 3. The van der Waals surface area contributed by atoms with Crippen molar-refractivity contribution < 1.29 is 8.78 Å². The average Bonchev–Trinajstić information content (AvgIpc) is 2.70. The van der Waals surface area contributed by atoms with Crippen molar-refractivity contribution in [3.8, 4) is 5.69 Å². The molecule has 0 N–H and O–H groups in total. The summed E-state index contributed by atoms with van der Waals surface area (Å²) < 4.78 is 27.6. The van der Waals surface area contributed by atoms with Gasteiger partial charge in [-0.25, -0.2) is 13.5 Å². The van der Waals surface area contributed by atoms with E-state index in [4.69, 9.17) is 0 Å². The Morgan fingerprint density at radius 2 is 2.13 bits per heavy atom. The third kappa shape index (κ3) is 1.77. The fourth-order valence-electron chi connectivity index (χ4n) is 1.21. The summed E-state index contributed by atoms with van der Waals surface area (Å²) in [5.74, 6) is -1.83. The van der Waals surface area contributed by atoms with Gasteiger partial charge in [0.1, 0.15) is 5.69 Å². The van der Waals surface area contributed by atoms with Gasteiger partial charge >= 0.3 is 0 Å². The zero-order valence-corrected chi connectivity index (χ0v) is 9.08.